The van der Waals surface area contributed by atoms with Gasteiger partial charge in [-0.05, 0) is 51.1 Å². The number of hydrogen-bond acceptors (Lipinski definition) is 3. The molecule has 0 aromatic carbocycles. The second-order valence-corrected chi connectivity index (χ2v) is 6.25. The van der Waals surface area contributed by atoms with Gasteiger partial charge < -0.3 is 4.90 Å². The van der Waals surface area contributed by atoms with Crippen LogP contribution in [0.4, 0.5) is 0 Å². The van der Waals surface area contributed by atoms with Crippen LogP contribution < -0.4 is 0 Å². The SMILES string of the molecule is O=C1CCCC(=O)N1C[C@@H]1CCCN2CCCC[C@H]12. The maximum atomic E-state index is 11.9. The zero-order valence-corrected chi connectivity index (χ0v) is 11.6. The summed E-state index contributed by atoms with van der Waals surface area (Å²) in [4.78, 5) is 28.0. The minimum Gasteiger partial charge on any atom is -0.300 e. The first-order valence-electron chi connectivity index (χ1n) is 7.83. The van der Waals surface area contributed by atoms with Gasteiger partial charge in [0, 0.05) is 25.4 Å². The van der Waals surface area contributed by atoms with Gasteiger partial charge in [0.15, 0.2) is 0 Å². The third-order valence-corrected chi connectivity index (χ3v) is 5.03. The number of fused-ring (bicyclic) bond motifs is 1. The molecule has 3 fully saturated rings. The Labute approximate surface area is 115 Å². The number of nitrogens with zero attached hydrogens (tertiary/aromatic N) is 2. The van der Waals surface area contributed by atoms with E-state index in [0.29, 0.717) is 31.3 Å². The molecule has 3 rings (SSSR count). The minimum absolute atomic E-state index is 0.0594. The predicted molar refractivity (Wildman–Crippen MR) is 72.5 cm³/mol. The van der Waals surface area contributed by atoms with Crippen molar-refractivity contribution in [2.24, 2.45) is 5.92 Å². The van der Waals surface area contributed by atoms with Crippen molar-refractivity contribution >= 4 is 11.8 Å². The topological polar surface area (TPSA) is 40.6 Å². The maximum absolute atomic E-state index is 11.9. The van der Waals surface area contributed by atoms with Gasteiger partial charge in [0.1, 0.15) is 0 Å². The molecule has 0 bridgehead atoms. The van der Waals surface area contributed by atoms with Gasteiger partial charge in [-0.3, -0.25) is 14.5 Å². The maximum Gasteiger partial charge on any atom is 0.229 e. The Morgan fingerprint density at radius 2 is 1.63 bits per heavy atom. The fourth-order valence-corrected chi connectivity index (χ4v) is 4.03. The van der Waals surface area contributed by atoms with Crippen LogP contribution in [-0.2, 0) is 9.59 Å². The van der Waals surface area contributed by atoms with Crippen molar-refractivity contribution in [1.82, 2.24) is 9.80 Å². The van der Waals surface area contributed by atoms with E-state index in [1.165, 1.54) is 45.2 Å². The Bertz CT molecular complexity index is 351. The van der Waals surface area contributed by atoms with Crippen LogP contribution >= 0.6 is 0 Å². The van der Waals surface area contributed by atoms with E-state index in [2.05, 4.69) is 4.90 Å². The number of hydrogen-bond donors (Lipinski definition) is 0. The molecule has 0 radical (unpaired) electrons. The molecule has 2 atom stereocenters. The predicted octanol–water partition coefficient (Wildman–Crippen LogP) is 1.79. The highest BCUT2D eigenvalue weighted by Gasteiger charge is 2.36. The highest BCUT2D eigenvalue weighted by molar-refractivity contribution is 5.97. The highest BCUT2D eigenvalue weighted by Crippen LogP contribution is 2.32. The molecule has 0 aromatic heterocycles. The molecule has 0 aromatic rings. The number of amides is 2. The van der Waals surface area contributed by atoms with Gasteiger partial charge in [0.25, 0.3) is 0 Å². The molecule has 3 aliphatic heterocycles. The number of rotatable bonds is 2. The number of piperidine rings is 3. The molecule has 19 heavy (non-hydrogen) atoms. The van der Waals surface area contributed by atoms with Crippen LogP contribution in [0.25, 0.3) is 0 Å². The second-order valence-electron chi connectivity index (χ2n) is 6.25. The highest BCUT2D eigenvalue weighted by atomic mass is 16.2. The Morgan fingerprint density at radius 3 is 2.42 bits per heavy atom. The number of carbonyl (C=O) groups is 2. The van der Waals surface area contributed by atoms with E-state index < -0.39 is 0 Å². The molecule has 2 amide bonds. The monoisotopic (exact) mass is 264 g/mol. The van der Waals surface area contributed by atoms with Crippen LogP contribution in [0.5, 0.6) is 0 Å². The fraction of sp³-hybridized carbons (Fsp3) is 0.867. The minimum atomic E-state index is 0.0594. The lowest BCUT2D eigenvalue weighted by Gasteiger charge is -2.45. The van der Waals surface area contributed by atoms with E-state index in [9.17, 15) is 9.59 Å². The van der Waals surface area contributed by atoms with Crippen molar-refractivity contribution in [3.63, 3.8) is 0 Å². The molecule has 3 saturated heterocycles. The summed E-state index contributed by atoms with van der Waals surface area (Å²) in [7, 11) is 0. The molecule has 3 heterocycles. The van der Waals surface area contributed by atoms with E-state index in [1.54, 1.807) is 4.90 Å². The number of imide groups is 1. The lowest BCUT2D eigenvalue weighted by atomic mass is 9.83. The molecule has 0 N–H and O–H groups in total. The van der Waals surface area contributed by atoms with E-state index >= 15 is 0 Å². The summed E-state index contributed by atoms with van der Waals surface area (Å²) in [6.45, 7) is 3.10. The smallest absolute Gasteiger partial charge is 0.229 e. The normalized spacial score (nSPS) is 33.4. The zero-order valence-electron chi connectivity index (χ0n) is 11.6. The van der Waals surface area contributed by atoms with E-state index in [4.69, 9.17) is 0 Å². The van der Waals surface area contributed by atoms with Crippen molar-refractivity contribution in [2.75, 3.05) is 19.6 Å². The van der Waals surface area contributed by atoms with Crippen LogP contribution in [0, 0.1) is 5.92 Å². The van der Waals surface area contributed by atoms with Gasteiger partial charge in [-0.25, -0.2) is 0 Å². The van der Waals surface area contributed by atoms with Crippen molar-refractivity contribution in [3.8, 4) is 0 Å². The number of carbonyl (C=O) groups excluding carboxylic acids is 2. The van der Waals surface area contributed by atoms with Gasteiger partial charge in [0.05, 0.1) is 0 Å². The first-order valence-corrected chi connectivity index (χ1v) is 7.83. The second kappa shape index (κ2) is 5.61. The summed E-state index contributed by atoms with van der Waals surface area (Å²) in [5.74, 6) is 0.633. The van der Waals surface area contributed by atoms with Gasteiger partial charge in [0.2, 0.25) is 11.8 Å². The van der Waals surface area contributed by atoms with Crippen molar-refractivity contribution < 1.29 is 9.59 Å². The Morgan fingerprint density at radius 1 is 0.895 bits per heavy atom. The van der Waals surface area contributed by atoms with Gasteiger partial charge in [-0.15, -0.1) is 0 Å². The molecule has 0 aliphatic carbocycles. The Balaban J connectivity index is 1.67. The average molecular weight is 264 g/mol. The molecule has 0 spiro atoms. The molecule has 3 aliphatic rings. The first-order chi connectivity index (χ1) is 9.25. The summed E-state index contributed by atoms with van der Waals surface area (Å²) >= 11 is 0. The Kier molecular flexibility index (Phi) is 3.87. The van der Waals surface area contributed by atoms with E-state index in [1.807, 2.05) is 0 Å². The first kappa shape index (κ1) is 13.1. The van der Waals surface area contributed by atoms with Crippen molar-refractivity contribution in [2.45, 2.75) is 57.4 Å². The van der Waals surface area contributed by atoms with Crippen LogP contribution in [0.3, 0.4) is 0 Å². The third-order valence-electron chi connectivity index (χ3n) is 5.03. The standard InChI is InChI=1S/C15H24N2O2/c18-14-7-3-8-15(19)17(14)11-12-5-4-10-16-9-2-1-6-13(12)16/h12-13H,1-11H2/t12-,13+/m0/s1. The van der Waals surface area contributed by atoms with E-state index in [-0.39, 0.29) is 11.8 Å². The molecule has 106 valence electrons. The summed E-state index contributed by atoms with van der Waals surface area (Å²) in [6, 6.07) is 0.616. The summed E-state index contributed by atoms with van der Waals surface area (Å²) in [5, 5.41) is 0. The van der Waals surface area contributed by atoms with Crippen molar-refractivity contribution in [1.29, 1.82) is 0 Å². The fourth-order valence-electron chi connectivity index (χ4n) is 4.03. The van der Waals surface area contributed by atoms with Gasteiger partial charge >= 0.3 is 0 Å². The lowest BCUT2D eigenvalue weighted by Crippen LogP contribution is -2.53. The summed E-state index contributed by atoms with van der Waals surface area (Å²) in [5.41, 5.74) is 0. The zero-order chi connectivity index (χ0) is 13.2. The quantitative estimate of drug-likeness (QED) is 0.714. The average Bonchev–Trinajstić information content (AvgIpc) is 2.43. The van der Waals surface area contributed by atoms with Crippen LogP contribution in [0.15, 0.2) is 0 Å². The number of likely N-dealkylation sites (tertiary alicyclic amines) is 1. The Hall–Kier alpha value is -0.900. The molecule has 4 nitrogen and oxygen atoms in total. The molecular weight excluding hydrogens is 240 g/mol. The molecule has 0 unspecified atom stereocenters. The summed E-state index contributed by atoms with van der Waals surface area (Å²) < 4.78 is 0. The molecule has 4 heteroatoms. The van der Waals surface area contributed by atoms with Gasteiger partial charge in [-0.2, -0.15) is 0 Å². The lowest BCUT2D eigenvalue weighted by molar-refractivity contribution is -0.149. The largest absolute Gasteiger partial charge is 0.300 e. The molecular formula is C15H24N2O2. The van der Waals surface area contributed by atoms with Crippen LogP contribution in [0.2, 0.25) is 0 Å². The third kappa shape index (κ3) is 2.69. The van der Waals surface area contributed by atoms with Crippen molar-refractivity contribution in [3.05, 3.63) is 0 Å². The van der Waals surface area contributed by atoms with Crippen LogP contribution in [-0.4, -0.2) is 47.3 Å². The van der Waals surface area contributed by atoms with Crippen LogP contribution in [0.1, 0.15) is 51.4 Å². The van der Waals surface area contributed by atoms with E-state index in [0.717, 1.165) is 6.42 Å². The molecule has 0 saturated carbocycles. The summed E-state index contributed by atoms with van der Waals surface area (Å²) in [6.07, 6.45) is 8.13. The van der Waals surface area contributed by atoms with Gasteiger partial charge in [-0.1, -0.05) is 6.42 Å².